The second-order valence-electron chi connectivity index (χ2n) is 13.7. The van der Waals surface area contributed by atoms with E-state index in [1.807, 2.05) is 12.1 Å². The van der Waals surface area contributed by atoms with Crippen LogP contribution in [0.2, 0.25) is 0 Å². The molecule has 0 spiro atoms. The summed E-state index contributed by atoms with van der Waals surface area (Å²) in [4.78, 5) is 2.34. The summed E-state index contributed by atoms with van der Waals surface area (Å²) in [6.45, 7) is 0. The lowest BCUT2D eigenvalue weighted by molar-refractivity contribution is 0.669. The van der Waals surface area contributed by atoms with E-state index < -0.39 is 0 Å². The van der Waals surface area contributed by atoms with Gasteiger partial charge in [-0.15, -0.1) is 0 Å². The molecule has 2 heteroatoms. The Kier molecular flexibility index (Phi) is 7.85. The summed E-state index contributed by atoms with van der Waals surface area (Å²) in [5.41, 5.74) is 14.6. The highest BCUT2D eigenvalue weighted by Crippen LogP contribution is 2.41. The second kappa shape index (κ2) is 13.4. The van der Waals surface area contributed by atoms with E-state index in [0.717, 1.165) is 50.1 Å². The maximum Gasteiger partial charge on any atom is 0.136 e. The van der Waals surface area contributed by atoms with Crippen LogP contribution < -0.4 is 4.90 Å². The molecule has 1 heterocycles. The van der Waals surface area contributed by atoms with Crippen LogP contribution >= 0.6 is 0 Å². The Morgan fingerprint density at radius 3 is 1.52 bits per heavy atom. The molecule has 0 atom stereocenters. The summed E-state index contributed by atoms with van der Waals surface area (Å²) >= 11 is 0. The zero-order chi connectivity index (χ0) is 35.8. The van der Waals surface area contributed by atoms with Crippen molar-refractivity contribution in [1.29, 1.82) is 0 Å². The van der Waals surface area contributed by atoms with E-state index in [0.29, 0.717) is 0 Å². The Labute approximate surface area is 314 Å². The summed E-state index contributed by atoms with van der Waals surface area (Å²) in [6, 6.07) is 75.9. The van der Waals surface area contributed by atoms with Crippen LogP contribution in [0, 0.1) is 0 Å². The molecule has 0 saturated heterocycles. The fourth-order valence-electron chi connectivity index (χ4n) is 7.83. The molecular weight excluding hydrogens is 655 g/mol. The number of fused-ring (bicyclic) bond motifs is 4. The SMILES string of the molecule is c1ccc(-c2ccc(N(c3ccc(-c4cccc(-c5cccc6ccccc56)c4)cc3)c3ccc(-c4cccc5oc6ccccc6c45)cc3)cc2)cc1. The summed E-state index contributed by atoms with van der Waals surface area (Å²) in [6.07, 6.45) is 0. The first kappa shape index (κ1) is 31.6. The third-order valence-electron chi connectivity index (χ3n) is 10.5. The van der Waals surface area contributed by atoms with Crippen LogP contribution in [0.3, 0.4) is 0 Å². The van der Waals surface area contributed by atoms with Gasteiger partial charge in [-0.05, 0) is 110 Å². The molecule has 1 aromatic heterocycles. The van der Waals surface area contributed by atoms with E-state index in [-0.39, 0.29) is 0 Å². The Morgan fingerprint density at radius 1 is 0.296 bits per heavy atom. The molecule has 254 valence electrons. The summed E-state index contributed by atoms with van der Waals surface area (Å²) in [5, 5.41) is 4.80. The van der Waals surface area contributed by atoms with Gasteiger partial charge >= 0.3 is 0 Å². The minimum Gasteiger partial charge on any atom is -0.456 e. The maximum absolute atomic E-state index is 6.21. The smallest absolute Gasteiger partial charge is 0.136 e. The van der Waals surface area contributed by atoms with Gasteiger partial charge in [0, 0.05) is 27.8 Å². The van der Waals surface area contributed by atoms with Crippen LogP contribution in [0.15, 0.2) is 217 Å². The zero-order valence-electron chi connectivity index (χ0n) is 29.6. The van der Waals surface area contributed by atoms with Crippen LogP contribution in [0.25, 0.3) is 77.2 Å². The molecule has 0 aliphatic heterocycles. The predicted molar refractivity (Wildman–Crippen MR) is 228 cm³/mol. The van der Waals surface area contributed by atoms with Crippen molar-refractivity contribution in [3.8, 4) is 44.5 Å². The van der Waals surface area contributed by atoms with Gasteiger partial charge in [0.2, 0.25) is 0 Å². The fraction of sp³-hybridized carbons (Fsp3) is 0. The monoisotopic (exact) mass is 689 g/mol. The van der Waals surface area contributed by atoms with E-state index in [4.69, 9.17) is 4.42 Å². The summed E-state index contributed by atoms with van der Waals surface area (Å²) in [7, 11) is 0. The van der Waals surface area contributed by atoms with Crippen molar-refractivity contribution >= 4 is 49.8 Å². The molecule has 0 saturated carbocycles. The minimum absolute atomic E-state index is 0.903. The molecule has 2 nitrogen and oxygen atoms in total. The zero-order valence-corrected chi connectivity index (χ0v) is 29.6. The molecule has 10 aromatic rings. The number of anilines is 3. The first-order valence-electron chi connectivity index (χ1n) is 18.4. The lowest BCUT2D eigenvalue weighted by Gasteiger charge is -2.26. The van der Waals surface area contributed by atoms with Crippen LogP contribution in [0.5, 0.6) is 0 Å². The van der Waals surface area contributed by atoms with E-state index in [1.54, 1.807) is 0 Å². The number of rotatable bonds is 7. The quantitative estimate of drug-likeness (QED) is 0.166. The molecular formula is C52H35NO. The molecule has 0 radical (unpaired) electrons. The standard InChI is InChI=1S/C52H35NO/c1-2-11-36(12-3-1)37-23-29-43(30-24-37)53(45-33-27-40(28-34-45)48-20-10-22-51-52(48)49-18-6-7-21-50(49)54-51)44-31-25-38(26-32-44)41-15-8-16-42(35-41)47-19-9-14-39-13-4-5-17-46(39)47/h1-35H. The number of benzene rings is 9. The minimum atomic E-state index is 0.903. The highest BCUT2D eigenvalue weighted by molar-refractivity contribution is 6.12. The van der Waals surface area contributed by atoms with Crippen LogP contribution in [-0.4, -0.2) is 0 Å². The van der Waals surface area contributed by atoms with Gasteiger partial charge in [-0.3, -0.25) is 0 Å². The Bertz CT molecular complexity index is 2900. The average molecular weight is 690 g/mol. The van der Waals surface area contributed by atoms with Gasteiger partial charge in [0.25, 0.3) is 0 Å². The molecule has 0 unspecified atom stereocenters. The number of nitrogens with zero attached hydrogens (tertiary/aromatic N) is 1. The highest BCUT2D eigenvalue weighted by Gasteiger charge is 2.16. The predicted octanol–water partition coefficient (Wildman–Crippen LogP) is 14.9. The lowest BCUT2D eigenvalue weighted by atomic mass is 9.95. The van der Waals surface area contributed by atoms with E-state index in [1.165, 1.54) is 44.2 Å². The topological polar surface area (TPSA) is 16.4 Å². The number of furan rings is 1. The molecule has 0 bridgehead atoms. The van der Waals surface area contributed by atoms with Crippen molar-refractivity contribution in [2.75, 3.05) is 4.90 Å². The van der Waals surface area contributed by atoms with E-state index in [9.17, 15) is 0 Å². The number of hydrogen-bond donors (Lipinski definition) is 0. The highest BCUT2D eigenvalue weighted by atomic mass is 16.3. The first-order valence-corrected chi connectivity index (χ1v) is 18.4. The normalized spacial score (nSPS) is 11.3. The van der Waals surface area contributed by atoms with Crippen molar-refractivity contribution < 1.29 is 4.42 Å². The van der Waals surface area contributed by atoms with Crippen molar-refractivity contribution in [3.05, 3.63) is 212 Å². The summed E-state index contributed by atoms with van der Waals surface area (Å²) < 4.78 is 6.21. The van der Waals surface area contributed by atoms with Gasteiger partial charge in [0.1, 0.15) is 11.2 Å². The second-order valence-corrected chi connectivity index (χ2v) is 13.7. The molecule has 0 N–H and O–H groups in total. The molecule has 0 aliphatic rings. The first-order chi connectivity index (χ1) is 26.8. The van der Waals surface area contributed by atoms with Crippen molar-refractivity contribution in [2.24, 2.45) is 0 Å². The maximum atomic E-state index is 6.21. The van der Waals surface area contributed by atoms with Crippen molar-refractivity contribution in [2.45, 2.75) is 0 Å². The third-order valence-corrected chi connectivity index (χ3v) is 10.5. The molecule has 0 amide bonds. The largest absolute Gasteiger partial charge is 0.456 e. The van der Waals surface area contributed by atoms with Gasteiger partial charge in [0.15, 0.2) is 0 Å². The Morgan fingerprint density at radius 2 is 0.778 bits per heavy atom. The van der Waals surface area contributed by atoms with Gasteiger partial charge < -0.3 is 9.32 Å². The van der Waals surface area contributed by atoms with Gasteiger partial charge in [-0.25, -0.2) is 0 Å². The molecule has 10 rings (SSSR count). The Balaban J connectivity index is 1.03. The third kappa shape index (κ3) is 5.71. The molecule has 54 heavy (non-hydrogen) atoms. The number of hydrogen-bond acceptors (Lipinski definition) is 2. The van der Waals surface area contributed by atoms with E-state index >= 15 is 0 Å². The van der Waals surface area contributed by atoms with Gasteiger partial charge in [-0.1, -0.05) is 158 Å². The average Bonchev–Trinajstić information content (AvgIpc) is 3.64. The van der Waals surface area contributed by atoms with Crippen molar-refractivity contribution in [3.63, 3.8) is 0 Å². The molecule has 0 fully saturated rings. The van der Waals surface area contributed by atoms with Crippen molar-refractivity contribution in [1.82, 2.24) is 0 Å². The van der Waals surface area contributed by atoms with E-state index in [2.05, 4.69) is 205 Å². The number of para-hydroxylation sites is 1. The fourth-order valence-corrected chi connectivity index (χ4v) is 7.83. The van der Waals surface area contributed by atoms with Crippen LogP contribution in [0.1, 0.15) is 0 Å². The van der Waals surface area contributed by atoms with Crippen LogP contribution in [0.4, 0.5) is 17.1 Å². The Hall–Kier alpha value is -7.16. The van der Waals surface area contributed by atoms with Gasteiger partial charge in [-0.2, -0.15) is 0 Å². The summed E-state index contributed by atoms with van der Waals surface area (Å²) in [5.74, 6) is 0. The lowest BCUT2D eigenvalue weighted by Crippen LogP contribution is -2.09. The van der Waals surface area contributed by atoms with Gasteiger partial charge in [0.05, 0.1) is 0 Å². The molecule has 9 aromatic carbocycles. The van der Waals surface area contributed by atoms with Crippen LogP contribution in [-0.2, 0) is 0 Å². The molecule has 0 aliphatic carbocycles.